The Labute approximate surface area is 228 Å². The van der Waals surface area contributed by atoms with E-state index in [4.69, 9.17) is 11.2 Å². The molecular formula is C28H26N6O4S. The predicted molar refractivity (Wildman–Crippen MR) is 152 cm³/mol. The fourth-order valence-electron chi connectivity index (χ4n) is 4.01. The number of nitrogens with zero attached hydrogens (tertiary/aromatic N) is 3. The van der Waals surface area contributed by atoms with Gasteiger partial charge in [-0.3, -0.25) is 19.0 Å². The molecule has 10 nitrogen and oxygen atoms in total. The van der Waals surface area contributed by atoms with Gasteiger partial charge in [0.25, 0.3) is 11.5 Å². The van der Waals surface area contributed by atoms with Gasteiger partial charge in [-0.1, -0.05) is 24.1 Å². The Morgan fingerprint density at radius 3 is 2.77 bits per heavy atom. The number of nitrogens with one attached hydrogen (secondary N) is 3. The monoisotopic (exact) mass is 542 g/mol. The van der Waals surface area contributed by atoms with Crippen LogP contribution in [-0.4, -0.2) is 42.6 Å². The number of aromatic nitrogens is 1. The normalized spacial score (nSPS) is 13.3. The van der Waals surface area contributed by atoms with Crippen molar-refractivity contribution in [3.05, 3.63) is 68.1 Å². The van der Waals surface area contributed by atoms with Crippen LogP contribution in [-0.2, 0) is 16.1 Å². The Hall–Kier alpha value is -5.00. The maximum Gasteiger partial charge on any atom is 0.270 e. The van der Waals surface area contributed by atoms with Gasteiger partial charge in [0.15, 0.2) is 5.57 Å². The van der Waals surface area contributed by atoms with Crippen LogP contribution in [0.2, 0.25) is 0 Å². The second-order valence-electron chi connectivity index (χ2n) is 8.35. The first kappa shape index (κ1) is 27.0. The van der Waals surface area contributed by atoms with Gasteiger partial charge in [0.1, 0.15) is 27.6 Å². The van der Waals surface area contributed by atoms with Gasteiger partial charge in [0.2, 0.25) is 5.91 Å². The fraction of sp³-hybridized carbons (Fsp3) is 0.214. The van der Waals surface area contributed by atoms with Gasteiger partial charge >= 0.3 is 0 Å². The summed E-state index contributed by atoms with van der Waals surface area (Å²) >= 11 is 1.03. The number of rotatable bonds is 8. The Bertz CT molecular complexity index is 1660. The zero-order valence-electron chi connectivity index (χ0n) is 21.2. The highest BCUT2D eigenvalue weighted by atomic mass is 32.1. The van der Waals surface area contributed by atoms with E-state index < -0.39 is 5.91 Å². The first-order valence-electron chi connectivity index (χ1n) is 12.1. The third-order valence-corrected chi connectivity index (χ3v) is 6.93. The van der Waals surface area contributed by atoms with Gasteiger partial charge in [0.05, 0.1) is 25.3 Å². The maximum absolute atomic E-state index is 12.9. The Morgan fingerprint density at radius 2 is 2.00 bits per heavy atom. The molecule has 0 unspecified atom stereocenters. The number of hydrogen-bond donors (Lipinski definition) is 3. The van der Waals surface area contributed by atoms with Crippen molar-refractivity contribution in [2.24, 2.45) is 0 Å². The van der Waals surface area contributed by atoms with Crippen molar-refractivity contribution in [3.63, 3.8) is 0 Å². The average molecular weight is 543 g/mol. The number of fused-ring (bicyclic) bond motifs is 1. The van der Waals surface area contributed by atoms with Gasteiger partial charge in [-0.15, -0.1) is 17.8 Å². The Morgan fingerprint density at radius 1 is 1.21 bits per heavy atom. The average Bonchev–Trinajstić information content (AvgIpc) is 3.26. The van der Waals surface area contributed by atoms with Crippen LogP contribution >= 0.6 is 11.3 Å². The summed E-state index contributed by atoms with van der Waals surface area (Å²) in [5.41, 5.74) is 1.59. The second kappa shape index (κ2) is 12.5. The third-order valence-electron chi connectivity index (χ3n) is 5.80. The van der Waals surface area contributed by atoms with E-state index in [1.165, 1.54) is 10.8 Å². The largest absolute Gasteiger partial charge is 0.490 e. The Kier molecular flexibility index (Phi) is 8.67. The molecule has 0 bridgehead atoms. The molecule has 2 aromatic carbocycles. The minimum absolute atomic E-state index is 0.0289. The quantitative estimate of drug-likeness (QED) is 0.363. The summed E-state index contributed by atoms with van der Waals surface area (Å²) in [4.78, 5) is 40.0. The van der Waals surface area contributed by atoms with Crippen molar-refractivity contribution in [1.29, 1.82) is 5.26 Å². The standard InChI is InChI=1S/C28H26N6O4S/c1-3-12-30-26(36)21(16-29)28-34(4-2)27(37)24(39-28)17-31-19-8-7-9-20(15-19)32-25(35)18-33-13-14-38-23-11-6-5-10-22(23)33/h1,5-11,15,17,31H,4,12-14,18H2,2H3,(H,30,36)(H,32,35)/b24-17+,28-21-. The van der Waals surface area contributed by atoms with Gasteiger partial charge in [-0.05, 0) is 37.3 Å². The van der Waals surface area contributed by atoms with Crippen LogP contribution in [0.15, 0.2) is 53.3 Å². The number of para-hydroxylation sites is 2. The SMILES string of the molecule is C#CCNC(=O)/C(C#N)=c1\s/c(=C/Nc2cccc(NC(=O)CN3CCOc4ccccc43)c2)c(=O)n1CC. The molecule has 2 heterocycles. The van der Waals surface area contributed by atoms with Crippen molar-refractivity contribution >= 4 is 52.0 Å². The number of hydrogen-bond acceptors (Lipinski definition) is 8. The zero-order valence-corrected chi connectivity index (χ0v) is 22.0. The molecule has 0 fully saturated rings. The number of carbonyl (C=O) groups is 2. The summed E-state index contributed by atoms with van der Waals surface area (Å²) in [5, 5.41) is 18.0. The summed E-state index contributed by atoms with van der Waals surface area (Å²) in [6, 6.07) is 16.6. The molecule has 1 aromatic heterocycles. The molecule has 0 saturated carbocycles. The van der Waals surface area contributed by atoms with Crippen LogP contribution in [0.5, 0.6) is 5.75 Å². The van der Waals surface area contributed by atoms with Crippen LogP contribution in [0, 0.1) is 23.7 Å². The molecule has 4 rings (SSSR count). The van der Waals surface area contributed by atoms with Gasteiger partial charge in [-0.2, -0.15) is 5.26 Å². The van der Waals surface area contributed by atoms with Gasteiger partial charge < -0.3 is 25.6 Å². The molecule has 0 radical (unpaired) electrons. The lowest BCUT2D eigenvalue weighted by atomic mass is 10.2. The first-order valence-corrected chi connectivity index (χ1v) is 13.0. The summed E-state index contributed by atoms with van der Waals surface area (Å²) in [7, 11) is 0. The molecular weight excluding hydrogens is 516 g/mol. The summed E-state index contributed by atoms with van der Waals surface area (Å²) in [6.45, 7) is 3.29. The molecule has 3 aromatic rings. The number of terminal acetylenes is 1. The van der Waals surface area contributed by atoms with E-state index in [9.17, 15) is 19.6 Å². The van der Waals surface area contributed by atoms with Crippen LogP contribution in [0.4, 0.5) is 17.1 Å². The molecule has 0 aliphatic carbocycles. The highest BCUT2D eigenvalue weighted by Crippen LogP contribution is 2.30. The number of carbonyl (C=O) groups excluding carboxylic acids is 2. The molecule has 1 aliphatic heterocycles. The van der Waals surface area contributed by atoms with E-state index in [2.05, 4.69) is 21.9 Å². The number of thiazole rings is 1. The van der Waals surface area contributed by atoms with E-state index in [1.54, 1.807) is 31.2 Å². The van der Waals surface area contributed by atoms with Crippen molar-refractivity contribution in [2.75, 3.05) is 41.8 Å². The summed E-state index contributed by atoms with van der Waals surface area (Å²) < 4.78 is 7.58. The smallest absolute Gasteiger partial charge is 0.270 e. The van der Waals surface area contributed by atoms with Crippen LogP contribution in [0.1, 0.15) is 6.92 Å². The number of anilines is 3. The molecule has 1 aliphatic rings. The molecule has 11 heteroatoms. The van der Waals surface area contributed by atoms with Crippen LogP contribution < -0.4 is 40.3 Å². The molecule has 39 heavy (non-hydrogen) atoms. The number of amides is 2. The lowest BCUT2D eigenvalue weighted by molar-refractivity contribution is -0.116. The maximum atomic E-state index is 12.9. The van der Waals surface area contributed by atoms with Crippen LogP contribution in [0.3, 0.4) is 0 Å². The highest BCUT2D eigenvalue weighted by molar-refractivity contribution is 7.07. The number of benzene rings is 2. The van der Waals surface area contributed by atoms with Crippen molar-refractivity contribution < 1.29 is 14.3 Å². The fourth-order valence-corrected chi connectivity index (χ4v) is 5.09. The molecule has 2 amide bonds. The van der Waals surface area contributed by atoms with E-state index in [0.29, 0.717) is 29.1 Å². The predicted octanol–water partition coefficient (Wildman–Crippen LogP) is 1.04. The van der Waals surface area contributed by atoms with Crippen LogP contribution in [0.25, 0.3) is 11.8 Å². The van der Waals surface area contributed by atoms with E-state index in [-0.39, 0.29) is 41.3 Å². The van der Waals surface area contributed by atoms with Crippen molar-refractivity contribution in [2.45, 2.75) is 13.5 Å². The molecule has 0 spiro atoms. The lowest BCUT2D eigenvalue weighted by Gasteiger charge is -2.30. The minimum Gasteiger partial charge on any atom is -0.490 e. The van der Waals surface area contributed by atoms with Crippen molar-refractivity contribution in [3.8, 4) is 24.2 Å². The van der Waals surface area contributed by atoms with Gasteiger partial charge in [-0.25, -0.2) is 0 Å². The number of nitriles is 1. The summed E-state index contributed by atoms with van der Waals surface area (Å²) in [5.74, 6) is 2.22. The lowest BCUT2D eigenvalue weighted by Crippen LogP contribution is -2.38. The molecule has 0 atom stereocenters. The van der Waals surface area contributed by atoms with Gasteiger partial charge in [0, 0.05) is 24.1 Å². The van der Waals surface area contributed by atoms with E-state index >= 15 is 0 Å². The van der Waals surface area contributed by atoms with E-state index in [1.807, 2.05) is 35.2 Å². The zero-order chi connectivity index (χ0) is 27.8. The highest BCUT2D eigenvalue weighted by Gasteiger charge is 2.20. The van der Waals surface area contributed by atoms with Crippen molar-refractivity contribution in [1.82, 2.24) is 9.88 Å². The third kappa shape index (κ3) is 6.29. The summed E-state index contributed by atoms with van der Waals surface area (Å²) in [6.07, 6.45) is 6.70. The number of ether oxygens (including phenoxy) is 1. The first-order chi connectivity index (χ1) is 18.9. The molecule has 0 saturated heterocycles. The van der Waals surface area contributed by atoms with E-state index in [0.717, 1.165) is 22.8 Å². The Balaban J connectivity index is 1.51. The minimum atomic E-state index is -0.637. The molecule has 198 valence electrons. The topological polar surface area (TPSA) is 128 Å². The molecule has 3 N–H and O–H groups in total. The second-order valence-corrected chi connectivity index (χ2v) is 9.38.